The number of nitrogens with zero attached hydrogens (tertiary/aromatic N) is 4. The van der Waals surface area contributed by atoms with Crippen LogP contribution in [0.15, 0.2) is 0 Å². The molecule has 0 radical (unpaired) electrons. The van der Waals surface area contributed by atoms with Gasteiger partial charge in [-0.05, 0) is 52.1 Å². The molecule has 5 nitrogen and oxygen atoms in total. The van der Waals surface area contributed by atoms with Crippen molar-refractivity contribution in [2.45, 2.75) is 145 Å². The fraction of sp³-hybridized carbons (Fsp3) is 1.00. The number of likely N-dealkylation sites (N-methyl/N-ethyl adjacent to an activating group) is 4. The minimum Gasteiger partial charge on any atom is -0.379 e. The summed E-state index contributed by atoms with van der Waals surface area (Å²) < 4.78 is 6.23. The van der Waals surface area contributed by atoms with Crippen LogP contribution >= 0.6 is 0 Å². The Morgan fingerprint density at radius 2 is 0.795 bits per heavy atom. The number of rotatable bonds is 30. The lowest BCUT2D eigenvalue weighted by Gasteiger charge is -2.35. The van der Waals surface area contributed by atoms with Crippen molar-refractivity contribution >= 4 is 0 Å². The zero-order chi connectivity index (χ0) is 29.1. The van der Waals surface area contributed by atoms with Gasteiger partial charge in [0.15, 0.2) is 0 Å². The second-order valence-corrected chi connectivity index (χ2v) is 11.6. The molecule has 2 atom stereocenters. The second kappa shape index (κ2) is 27.9. The van der Waals surface area contributed by atoms with E-state index in [1.807, 2.05) is 0 Å². The molecule has 0 aromatic heterocycles. The van der Waals surface area contributed by atoms with E-state index in [1.54, 1.807) is 0 Å². The van der Waals surface area contributed by atoms with Gasteiger partial charge in [-0.25, -0.2) is 0 Å². The topological polar surface area (TPSA) is 22.2 Å². The molecule has 0 fully saturated rings. The van der Waals surface area contributed by atoms with Crippen molar-refractivity contribution in [2.24, 2.45) is 0 Å². The Morgan fingerprint density at radius 3 is 1.10 bits per heavy atom. The molecule has 5 heteroatoms. The second-order valence-electron chi connectivity index (χ2n) is 11.6. The minimum atomic E-state index is 0.677. The van der Waals surface area contributed by atoms with E-state index in [0.717, 1.165) is 65.6 Å². The molecule has 236 valence electrons. The maximum atomic E-state index is 6.23. The highest BCUT2D eigenvalue weighted by Gasteiger charge is 2.20. The van der Waals surface area contributed by atoms with E-state index in [0.29, 0.717) is 12.1 Å². The molecule has 0 heterocycles. The van der Waals surface area contributed by atoms with Crippen molar-refractivity contribution in [3.63, 3.8) is 0 Å². The Bertz CT molecular complexity index is 442. The van der Waals surface area contributed by atoms with Crippen LogP contribution in [0.4, 0.5) is 0 Å². The van der Waals surface area contributed by atoms with Crippen molar-refractivity contribution in [1.29, 1.82) is 0 Å². The molecule has 0 aliphatic rings. The number of unbranched alkanes of at least 4 members (excludes halogenated alkanes) is 8. The molecular weight excluding hydrogens is 480 g/mol. The summed E-state index contributed by atoms with van der Waals surface area (Å²) in [6.45, 7) is 31.6. The van der Waals surface area contributed by atoms with E-state index < -0.39 is 0 Å². The van der Waals surface area contributed by atoms with Crippen LogP contribution in [0.5, 0.6) is 0 Å². The van der Waals surface area contributed by atoms with Gasteiger partial charge in [0.05, 0.1) is 13.2 Å². The first-order chi connectivity index (χ1) is 19.0. The molecule has 0 saturated heterocycles. The van der Waals surface area contributed by atoms with Gasteiger partial charge in [0.2, 0.25) is 0 Å². The molecule has 39 heavy (non-hydrogen) atoms. The third-order valence-corrected chi connectivity index (χ3v) is 8.88. The van der Waals surface area contributed by atoms with E-state index in [2.05, 4.69) is 75.0 Å². The molecule has 0 aliphatic carbocycles. The molecular formula is C34H74N4O. The zero-order valence-electron chi connectivity index (χ0n) is 28.3. The summed E-state index contributed by atoms with van der Waals surface area (Å²) in [5, 5.41) is 0. The van der Waals surface area contributed by atoms with Crippen LogP contribution in [0, 0.1) is 0 Å². The summed E-state index contributed by atoms with van der Waals surface area (Å²) in [6.07, 6.45) is 16.4. The van der Waals surface area contributed by atoms with Gasteiger partial charge in [0, 0.05) is 38.3 Å². The predicted molar refractivity (Wildman–Crippen MR) is 175 cm³/mol. The summed E-state index contributed by atoms with van der Waals surface area (Å²) in [4.78, 5) is 10.6. The Morgan fingerprint density at radius 1 is 0.436 bits per heavy atom. The Labute approximate surface area is 247 Å². The maximum Gasteiger partial charge on any atom is 0.0594 e. The molecule has 0 amide bonds. The third kappa shape index (κ3) is 19.5. The number of hydrogen-bond donors (Lipinski definition) is 0. The van der Waals surface area contributed by atoms with Gasteiger partial charge in [-0.3, -0.25) is 19.6 Å². The highest BCUT2D eigenvalue weighted by atomic mass is 16.5. The largest absolute Gasteiger partial charge is 0.379 e. The van der Waals surface area contributed by atoms with E-state index in [1.165, 1.54) is 90.1 Å². The highest BCUT2D eigenvalue weighted by Crippen LogP contribution is 2.15. The van der Waals surface area contributed by atoms with Gasteiger partial charge in [-0.15, -0.1) is 0 Å². The normalized spacial score (nSPS) is 13.8. The summed E-state index contributed by atoms with van der Waals surface area (Å²) in [7, 11) is 0. The summed E-state index contributed by atoms with van der Waals surface area (Å²) >= 11 is 0. The lowest BCUT2D eigenvalue weighted by molar-refractivity contribution is 0.0645. The van der Waals surface area contributed by atoms with Crippen LogP contribution in [0.2, 0.25) is 0 Å². The summed E-state index contributed by atoms with van der Waals surface area (Å²) in [5.41, 5.74) is 0. The SMILES string of the molecule is CCCCCCCC(CN(CC)CCOCCN(CC)CC(CCCCCCC)N(CC)CC)N(CC)CC. The lowest BCUT2D eigenvalue weighted by Crippen LogP contribution is -2.45. The van der Waals surface area contributed by atoms with Crippen molar-refractivity contribution < 1.29 is 4.74 Å². The fourth-order valence-electron chi connectivity index (χ4n) is 6.07. The van der Waals surface area contributed by atoms with Crippen LogP contribution in [0.1, 0.15) is 132 Å². The van der Waals surface area contributed by atoms with Crippen LogP contribution in [-0.2, 0) is 4.74 Å². The molecule has 0 saturated carbocycles. The summed E-state index contributed by atoms with van der Waals surface area (Å²) in [6, 6.07) is 1.35. The molecule has 0 aliphatic heterocycles. The number of hydrogen-bond acceptors (Lipinski definition) is 5. The van der Waals surface area contributed by atoms with Crippen LogP contribution in [-0.4, -0.2) is 110 Å². The lowest BCUT2D eigenvalue weighted by atomic mass is 10.0. The molecule has 0 aromatic rings. The average molecular weight is 555 g/mol. The van der Waals surface area contributed by atoms with E-state index in [4.69, 9.17) is 4.74 Å². The van der Waals surface area contributed by atoms with E-state index >= 15 is 0 Å². The van der Waals surface area contributed by atoms with Crippen molar-refractivity contribution in [3.8, 4) is 0 Å². The number of ether oxygens (including phenoxy) is 1. The van der Waals surface area contributed by atoms with E-state index in [-0.39, 0.29) is 0 Å². The first-order valence-corrected chi connectivity index (χ1v) is 17.5. The Hall–Kier alpha value is -0.200. The van der Waals surface area contributed by atoms with Crippen LogP contribution in [0.25, 0.3) is 0 Å². The van der Waals surface area contributed by atoms with Crippen molar-refractivity contribution in [3.05, 3.63) is 0 Å². The maximum absolute atomic E-state index is 6.23. The van der Waals surface area contributed by atoms with Gasteiger partial charge in [-0.1, -0.05) is 120 Å². The average Bonchev–Trinajstić information content (AvgIpc) is 2.95. The zero-order valence-corrected chi connectivity index (χ0v) is 28.3. The van der Waals surface area contributed by atoms with Gasteiger partial charge >= 0.3 is 0 Å². The third-order valence-electron chi connectivity index (χ3n) is 8.88. The molecule has 0 aromatic carbocycles. The van der Waals surface area contributed by atoms with Crippen molar-refractivity contribution in [2.75, 3.05) is 78.7 Å². The minimum absolute atomic E-state index is 0.677. The molecule has 2 unspecified atom stereocenters. The fourth-order valence-corrected chi connectivity index (χ4v) is 6.07. The van der Waals surface area contributed by atoms with Gasteiger partial charge in [0.1, 0.15) is 0 Å². The highest BCUT2D eigenvalue weighted by molar-refractivity contribution is 4.76. The first-order valence-electron chi connectivity index (χ1n) is 17.5. The first kappa shape index (κ1) is 38.8. The van der Waals surface area contributed by atoms with Crippen molar-refractivity contribution in [1.82, 2.24) is 19.6 Å². The van der Waals surface area contributed by atoms with E-state index in [9.17, 15) is 0 Å². The molecule has 0 N–H and O–H groups in total. The smallest absolute Gasteiger partial charge is 0.0594 e. The quantitative estimate of drug-likeness (QED) is 0.0843. The molecule has 0 bridgehead atoms. The molecule has 0 spiro atoms. The Kier molecular flexibility index (Phi) is 27.8. The predicted octanol–water partition coefficient (Wildman–Crippen LogP) is 7.79. The summed E-state index contributed by atoms with van der Waals surface area (Å²) in [5.74, 6) is 0. The monoisotopic (exact) mass is 555 g/mol. The van der Waals surface area contributed by atoms with Gasteiger partial charge < -0.3 is 4.74 Å². The van der Waals surface area contributed by atoms with Crippen LogP contribution in [0.3, 0.4) is 0 Å². The molecule has 0 rings (SSSR count). The van der Waals surface area contributed by atoms with Gasteiger partial charge in [0.25, 0.3) is 0 Å². The Balaban J connectivity index is 4.60. The van der Waals surface area contributed by atoms with Crippen LogP contribution < -0.4 is 0 Å². The van der Waals surface area contributed by atoms with Gasteiger partial charge in [-0.2, -0.15) is 0 Å². The standard InChI is InChI=1S/C34H74N4O/c1-9-17-19-21-23-25-33(37(13-5)14-6)31-35(11-3)27-29-39-30-28-36(12-4)32-34(38(15-7)16-8)26-24-22-20-18-10-2/h33-34H,9-32H2,1-8H3.